The van der Waals surface area contributed by atoms with E-state index < -0.39 is 18.0 Å². The maximum Gasteiger partial charge on any atom is 0.338 e. The molecule has 1 atom stereocenters. The Morgan fingerprint density at radius 2 is 1.74 bits per heavy atom. The van der Waals surface area contributed by atoms with Crippen molar-refractivity contribution in [3.63, 3.8) is 0 Å². The highest BCUT2D eigenvalue weighted by Gasteiger charge is 2.19. The van der Waals surface area contributed by atoms with Crippen molar-refractivity contribution in [3.05, 3.63) is 63.6 Å². The van der Waals surface area contributed by atoms with Crippen LogP contribution in [0.25, 0.3) is 0 Å². The number of aryl methyl sites for hydroxylation is 1. The van der Waals surface area contributed by atoms with Crippen LogP contribution in [0.15, 0.2) is 42.5 Å². The molecule has 4 nitrogen and oxygen atoms in total. The predicted octanol–water partition coefficient (Wildman–Crippen LogP) is 4.49. The van der Waals surface area contributed by atoms with Crippen molar-refractivity contribution in [2.45, 2.75) is 20.0 Å². The van der Waals surface area contributed by atoms with Gasteiger partial charge in [0.2, 0.25) is 0 Å². The van der Waals surface area contributed by atoms with Crippen LogP contribution in [0.5, 0.6) is 0 Å². The maximum absolute atomic E-state index is 12.1. The number of anilines is 1. The fourth-order valence-corrected chi connectivity index (χ4v) is 2.45. The zero-order valence-electron chi connectivity index (χ0n) is 12.6. The molecule has 0 aliphatic carbocycles. The van der Waals surface area contributed by atoms with Crippen LogP contribution in [0.1, 0.15) is 22.8 Å². The predicted molar refractivity (Wildman–Crippen MR) is 91.1 cm³/mol. The second kappa shape index (κ2) is 7.49. The van der Waals surface area contributed by atoms with Crippen molar-refractivity contribution in [2.75, 3.05) is 5.32 Å². The molecule has 0 aliphatic rings. The third-order valence-electron chi connectivity index (χ3n) is 3.04. The van der Waals surface area contributed by atoms with Gasteiger partial charge in [0.05, 0.1) is 5.56 Å². The lowest BCUT2D eigenvalue weighted by Crippen LogP contribution is -2.30. The van der Waals surface area contributed by atoms with Crippen LogP contribution >= 0.6 is 23.2 Å². The van der Waals surface area contributed by atoms with Crippen LogP contribution < -0.4 is 5.32 Å². The molecule has 1 amide bonds. The number of rotatable bonds is 4. The zero-order valence-corrected chi connectivity index (χ0v) is 14.1. The Balaban J connectivity index is 2.01. The third-order valence-corrected chi connectivity index (χ3v) is 3.47. The van der Waals surface area contributed by atoms with Crippen molar-refractivity contribution in [1.82, 2.24) is 0 Å². The fraction of sp³-hybridized carbons (Fsp3) is 0.176. The summed E-state index contributed by atoms with van der Waals surface area (Å²) in [5.74, 6) is -1.02. The summed E-state index contributed by atoms with van der Waals surface area (Å²) in [6, 6.07) is 11.6. The second-order valence-electron chi connectivity index (χ2n) is 5.06. The number of hydrogen-bond donors (Lipinski definition) is 1. The van der Waals surface area contributed by atoms with Crippen LogP contribution in [-0.4, -0.2) is 18.0 Å². The molecular weight excluding hydrogens is 337 g/mol. The Labute approximate surface area is 144 Å². The van der Waals surface area contributed by atoms with E-state index in [-0.39, 0.29) is 0 Å². The van der Waals surface area contributed by atoms with E-state index in [4.69, 9.17) is 27.9 Å². The summed E-state index contributed by atoms with van der Waals surface area (Å²) >= 11 is 11.7. The van der Waals surface area contributed by atoms with Gasteiger partial charge in [-0.15, -0.1) is 0 Å². The molecule has 0 unspecified atom stereocenters. The third kappa shape index (κ3) is 4.98. The smallest absolute Gasteiger partial charge is 0.338 e. The van der Waals surface area contributed by atoms with Gasteiger partial charge in [0, 0.05) is 15.7 Å². The highest BCUT2D eigenvalue weighted by molar-refractivity contribution is 6.35. The number of carbonyl (C=O) groups is 2. The summed E-state index contributed by atoms with van der Waals surface area (Å²) in [7, 11) is 0. The highest BCUT2D eigenvalue weighted by atomic mass is 35.5. The van der Waals surface area contributed by atoms with E-state index in [1.807, 2.05) is 13.0 Å². The molecule has 120 valence electrons. The summed E-state index contributed by atoms with van der Waals surface area (Å²) in [6.45, 7) is 3.37. The van der Waals surface area contributed by atoms with Gasteiger partial charge < -0.3 is 10.1 Å². The first kappa shape index (κ1) is 17.3. The monoisotopic (exact) mass is 351 g/mol. The number of benzene rings is 2. The van der Waals surface area contributed by atoms with Crippen LogP contribution in [0.4, 0.5) is 5.69 Å². The molecule has 0 saturated carbocycles. The van der Waals surface area contributed by atoms with E-state index in [0.717, 1.165) is 5.56 Å². The standard InChI is InChI=1S/C17H15Cl2NO3/c1-10-4-3-5-12(6-10)17(22)23-11(2)16(21)20-15-8-13(18)7-14(19)9-15/h3-9,11H,1-2H3,(H,20,21)/t11-/m1/s1. The van der Waals surface area contributed by atoms with Gasteiger partial charge in [-0.1, -0.05) is 40.9 Å². The Morgan fingerprint density at radius 1 is 1.09 bits per heavy atom. The van der Waals surface area contributed by atoms with Crippen LogP contribution in [0, 0.1) is 6.92 Å². The van der Waals surface area contributed by atoms with Crippen molar-refractivity contribution in [1.29, 1.82) is 0 Å². The van der Waals surface area contributed by atoms with Crippen molar-refractivity contribution in [3.8, 4) is 0 Å². The van der Waals surface area contributed by atoms with E-state index in [2.05, 4.69) is 5.32 Å². The van der Waals surface area contributed by atoms with Gasteiger partial charge in [-0.05, 0) is 44.2 Å². The molecule has 0 spiro atoms. The average Bonchev–Trinajstić information content (AvgIpc) is 2.45. The molecule has 23 heavy (non-hydrogen) atoms. The average molecular weight is 352 g/mol. The Bertz CT molecular complexity index is 726. The number of halogens is 2. The van der Waals surface area contributed by atoms with Gasteiger partial charge >= 0.3 is 5.97 Å². The number of carbonyl (C=O) groups excluding carboxylic acids is 2. The molecule has 0 saturated heterocycles. The second-order valence-corrected chi connectivity index (χ2v) is 5.94. The van der Waals surface area contributed by atoms with Crippen molar-refractivity contribution in [2.24, 2.45) is 0 Å². The molecule has 0 bridgehead atoms. The summed E-state index contributed by atoms with van der Waals surface area (Å²) in [4.78, 5) is 24.1. The number of nitrogens with one attached hydrogen (secondary N) is 1. The van der Waals surface area contributed by atoms with E-state index in [0.29, 0.717) is 21.3 Å². The van der Waals surface area contributed by atoms with Gasteiger partial charge in [0.15, 0.2) is 6.10 Å². The van der Waals surface area contributed by atoms with E-state index in [9.17, 15) is 9.59 Å². The summed E-state index contributed by atoms with van der Waals surface area (Å²) < 4.78 is 5.17. The fourth-order valence-electron chi connectivity index (χ4n) is 1.92. The molecule has 1 N–H and O–H groups in total. The molecule has 0 aromatic heterocycles. The molecular formula is C17H15Cl2NO3. The molecule has 2 aromatic carbocycles. The summed E-state index contributed by atoms with van der Waals surface area (Å²) in [5.41, 5.74) is 1.77. The number of hydrogen-bond acceptors (Lipinski definition) is 3. The first-order valence-corrected chi connectivity index (χ1v) is 7.65. The minimum atomic E-state index is -0.958. The first-order valence-electron chi connectivity index (χ1n) is 6.90. The quantitative estimate of drug-likeness (QED) is 0.825. The molecule has 0 fully saturated rings. The Hall–Kier alpha value is -2.04. The Morgan fingerprint density at radius 3 is 2.35 bits per heavy atom. The minimum absolute atomic E-state index is 0.399. The van der Waals surface area contributed by atoms with E-state index in [1.165, 1.54) is 6.92 Å². The lowest BCUT2D eigenvalue weighted by atomic mass is 10.1. The van der Waals surface area contributed by atoms with Crippen molar-refractivity contribution >= 4 is 40.8 Å². The number of amides is 1. The SMILES string of the molecule is Cc1cccc(C(=O)O[C@H](C)C(=O)Nc2cc(Cl)cc(Cl)c2)c1. The lowest BCUT2D eigenvalue weighted by molar-refractivity contribution is -0.123. The molecule has 0 aliphatic heterocycles. The van der Waals surface area contributed by atoms with Crippen LogP contribution in [0.3, 0.4) is 0 Å². The number of esters is 1. The normalized spacial score (nSPS) is 11.7. The number of ether oxygens (including phenoxy) is 1. The van der Waals surface area contributed by atoms with Gasteiger partial charge in [-0.2, -0.15) is 0 Å². The topological polar surface area (TPSA) is 55.4 Å². The molecule has 6 heteroatoms. The summed E-state index contributed by atoms with van der Waals surface area (Å²) in [6.07, 6.45) is -0.958. The highest BCUT2D eigenvalue weighted by Crippen LogP contribution is 2.22. The lowest BCUT2D eigenvalue weighted by Gasteiger charge is -2.14. The van der Waals surface area contributed by atoms with Gasteiger partial charge in [-0.3, -0.25) is 4.79 Å². The van der Waals surface area contributed by atoms with E-state index >= 15 is 0 Å². The molecule has 2 aromatic rings. The van der Waals surface area contributed by atoms with Gasteiger partial charge in [0.25, 0.3) is 5.91 Å². The Kier molecular flexibility index (Phi) is 5.64. The zero-order chi connectivity index (χ0) is 17.0. The van der Waals surface area contributed by atoms with Crippen LogP contribution in [0.2, 0.25) is 10.0 Å². The minimum Gasteiger partial charge on any atom is -0.449 e. The maximum atomic E-state index is 12.1. The molecule has 0 heterocycles. The van der Waals surface area contributed by atoms with E-state index in [1.54, 1.807) is 36.4 Å². The van der Waals surface area contributed by atoms with Gasteiger partial charge in [0.1, 0.15) is 0 Å². The molecule has 2 rings (SSSR count). The first-order chi connectivity index (χ1) is 10.8. The summed E-state index contributed by atoms with van der Waals surface area (Å²) in [5, 5.41) is 3.41. The van der Waals surface area contributed by atoms with Crippen molar-refractivity contribution < 1.29 is 14.3 Å². The van der Waals surface area contributed by atoms with Crippen LogP contribution in [-0.2, 0) is 9.53 Å². The van der Waals surface area contributed by atoms with Gasteiger partial charge in [-0.25, -0.2) is 4.79 Å². The largest absolute Gasteiger partial charge is 0.449 e. The molecule has 0 radical (unpaired) electrons.